The summed E-state index contributed by atoms with van der Waals surface area (Å²) in [6.07, 6.45) is 11.1. The Labute approximate surface area is 206 Å². The minimum atomic E-state index is -3.30. The third-order valence-electron chi connectivity index (χ3n) is 6.39. The Kier molecular flexibility index (Phi) is 7.64. The lowest BCUT2D eigenvalue weighted by Crippen LogP contribution is -2.23. The quantitative estimate of drug-likeness (QED) is 0.431. The Balaban J connectivity index is 1.37. The summed E-state index contributed by atoms with van der Waals surface area (Å²) in [5, 5.41) is 19.7. The molecule has 3 aromatic rings. The van der Waals surface area contributed by atoms with Crippen LogP contribution in [0.3, 0.4) is 0 Å². The molecule has 2 N–H and O–H groups in total. The number of rotatable bonds is 9. The second kappa shape index (κ2) is 10.7. The Morgan fingerprint density at radius 2 is 1.74 bits per heavy atom. The van der Waals surface area contributed by atoms with Crippen molar-refractivity contribution in [1.29, 1.82) is 0 Å². The van der Waals surface area contributed by atoms with E-state index in [1.54, 1.807) is 30.1 Å². The maximum absolute atomic E-state index is 11.2. The van der Waals surface area contributed by atoms with Crippen molar-refractivity contribution >= 4 is 22.3 Å². The predicted octanol–water partition coefficient (Wildman–Crippen LogP) is 4.37. The monoisotopic (exact) mass is 493 g/mol. The molecular weight excluding hydrogens is 462 g/mol. The van der Waals surface area contributed by atoms with Gasteiger partial charge in [0.1, 0.15) is 11.9 Å². The van der Waals surface area contributed by atoms with E-state index in [4.69, 9.17) is 0 Å². The van der Waals surface area contributed by atoms with E-state index in [2.05, 4.69) is 45.8 Å². The number of hydrogen-bond acceptors (Lipinski definition) is 5. The number of hydrogen-bond donors (Lipinski definition) is 2. The third kappa shape index (κ3) is 6.33. The van der Waals surface area contributed by atoms with Gasteiger partial charge in [0.05, 0.1) is 18.9 Å². The summed E-state index contributed by atoms with van der Waals surface area (Å²) in [6, 6.07) is 16.4. The van der Waals surface area contributed by atoms with Crippen molar-refractivity contribution < 1.29 is 18.6 Å². The third-order valence-corrected chi connectivity index (χ3v) is 6.90. The highest BCUT2D eigenvalue weighted by atomic mass is 32.2. The van der Waals surface area contributed by atoms with Crippen LogP contribution in [0.1, 0.15) is 54.8 Å². The van der Waals surface area contributed by atoms with Crippen LogP contribution >= 0.6 is 0 Å². The number of aromatic nitrogens is 2. The van der Waals surface area contributed by atoms with Gasteiger partial charge in [-0.15, -0.1) is 0 Å². The molecule has 2 aromatic carbocycles. The van der Waals surface area contributed by atoms with Crippen molar-refractivity contribution in [2.24, 2.45) is 10.3 Å². The number of aliphatic hydroxyl groups excluding tert-OH is 2. The van der Waals surface area contributed by atoms with E-state index >= 15 is 0 Å². The first-order chi connectivity index (χ1) is 16.7. The van der Waals surface area contributed by atoms with Crippen LogP contribution in [0.25, 0.3) is 17.2 Å². The molecule has 1 aliphatic carbocycles. The van der Waals surface area contributed by atoms with Crippen LogP contribution in [0.4, 0.5) is 0 Å². The van der Waals surface area contributed by atoms with Gasteiger partial charge in [-0.3, -0.25) is 0 Å². The van der Waals surface area contributed by atoms with Crippen molar-refractivity contribution in [2.75, 3.05) is 12.9 Å². The molecule has 184 valence electrons. The molecule has 0 amide bonds. The number of sulfonamides is 1. The molecule has 4 rings (SSSR count). The van der Waals surface area contributed by atoms with E-state index < -0.39 is 16.1 Å². The van der Waals surface area contributed by atoms with E-state index in [1.165, 1.54) is 5.56 Å². The predicted molar refractivity (Wildman–Crippen MR) is 139 cm³/mol. The molecule has 35 heavy (non-hydrogen) atoms. The van der Waals surface area contributed by atoms with Gasteiger partial charge in [-0.1, -0.05) is 60.7 Å². The molecule has 0 spiro atoms. The topological polar surface area (TPSA) is 105 Å². The first-order valence-corrected chi connectivity index (χ1v) is 13.5. The van der Waals surface area contributed by atoms with Gasteiger partial charge in [0.2, 0.25) is 10.0 Å². The summed E-state index contributed by atoms with van der Waals surface area (Å²) in [6.45, 7) is 1.56. The Morgan fingerprint density at radius 3 is 2.31 bits per heavy atom. The van der Waals surface area contributed by atoms with Crippen molar-refractivity contribution in [3.63, 3.8) is 0 Å². The lowest BCUT2D eigenvalue weighted by molar-refractivity contribution is 0.175. The number of nitrogens with zero attached hydrogens (tertiary/aromatic N) is 3. The maximum Gasteiger partial charge on any atom is 0.249 e. The van der Waals surface area contributed by atoms with Gasteiger partial charge in [-0.25, -0.2) is 13.4 Å². The zero-order valence-corrected chi connectivity index (χ0v) is 20.7. The molecular formula is C27H31N3O4S. The van der Waals surface area contributed by atoms with Crippen LogP contribution in [-0.4, -0.2) is 47.3 Å². The SMILES string of the molecule is C[C@H](O)c1nccn1[C@@H](/C=C/c1ccc(-c2ccc(C3CC(C=NS(C)(=O)=O)C3)cc2)cc1)CO. The average Bonchev–Trinajstić information content (AvgIpc) is 3.29. The first-order valence-electron chi connectivity index (χ1n) is 11.7. The van der Waals surface area contributed by atoms with Crippen LogP contribution in [0.2, 0.25) is 0 Å². The van der Waals surface area contributed by atoms with Gasteiger partial charge in [0.25, 0.3) is 0 Å². The van der Waals surface area contributed by atoms with E-state index in [0.717, 1.165) is 35.8 Å². The molecule has 0 radical (unpaired) electrons. The number of benzene rings is 2. The maximum atomic E-state index is 11.2. The highest BCUT2D eigenvalue weighted by Gasteiger charge is 2.29. The molecule has 0 saturated heterocycles. The Bertz CT molecular complexity index is 1290. The highest BCUT2D eigenvalue weighted by molar-refractivity contribution is 7.89. The van der Waals surface area contributed by atoms with Crippen LogP contribution in [0.15, 0.2) is 71.4 Å². The molecule has 8 heteroatoms. The summed E-state index contributed by atoms with van der Waals surface area (Å²) in [5.74, 6) is 1.19. The molecule has 1 aliphatic rings. The van der Waals surface area contributed by atoms with Gasteiger partial charge in [0.15, 0.2) is 0 Å². The van der Waals surface area contributed by atoms with Gasteiger partial charge in [-0.05, 0) is 53.9 Å². The minimum absolute atomic E-state index is 0.0940. The van der Waals surface area contributed by atoms with Gasteiger partial charge in [0, 0.05) is 18.6 Å². The summed E-state index contributed by atoms with van der Waals surface area (Å²) in [7, 11) is -3.30. The highest BCUT2D eigenvalue weighted by Crippen LogP contribution is 2.41. The second-order valence-electron chi connectivity index (χ2n) is 9.14. The van der Waals surface area contributed by atoms with Gasteiger partial charge in [-0.2, -0.15) is 4.40 Å². The zero-order valence-electron chi connectivity index (χ0n) is 19.9. The molecule has 0 aliphatic heterocycles. The molecule has 0 bridgehead atoms. The molecule has 1 fully saturated rings. The fraction of sp³-hybridized carbons (Fsp3) is 0.333. The fourth-order valence-electron chi connectivity index (χ4n) is 4.38. The standard InChI is InChI=1S/C27H31N3O4S/c1-19(32)27-28-13-14-30(27)26(18-31)12-5-20-3-6-22(7-4-20)23-8-10-24(11-9-23)25-15-21(16-25)17-29-35(2,33)34/h3-14,17,19,21,25-26,31-32H,15-16,18H2,1-2H3/b12-5+,29-17?/t19-,21?,25?,26-/m0/s1. The van der Waals surface area contributed by atoms with Crippen LogP contribution < -0.4 is 0 Å². The smallest absolute Gasteiger partial charge is 0.249 e. The lowest BCUT2D eigenvalue weighted by atomic mass is 9.72. The summed E-state index contributed by atoms with van der Waals surface area (Å²) in [5.41, 5.74) is 4.53. The van der Waals surface area contributed by atoms with E-state index in [9.17, 15) is 18.6 Å². The van der Waals surface area contributed by atoms with Crippen molar-refractivity contribution in [3.8, 4) is 11.1 Å². The van der Waals surface area contributed by atoms with Crippen molar-refractivity contribution in [1.82, 2.24) is 9.55 Å². The Morgan fingerprint density at radius 1 is 1.11 bits per heavy atom. The lowest BCUT2D eigenvalue weighted by Gasteiger charge is -2.33. The van der Waals surface area contributed by atoms with Crippen molar-refractivity contribution in [2.45, 2.75) is 37.8 Å². The first kappa shape index (κ1) is 25.0. The summed E-state index contributed by atoms with van der Waals surface area (Å²) < 4.78 is 27.7. The number of imidazole rings is 1. The molecule has 2 atom stereocenters. The average molecular weight is 494 g/mol. The summed E-state index contributed by atoms with van der Waals surface area (Å²) >= 11 is 0. The van der Waals surface area contributed by atoms with E-state index in [0.29, 0.717) is 11.7 Å². The normalized spacial score (nSPS) is 20.2. The van der Waals surface area contributed by atoms with Crippen LogP contribution in [0, 0.1) is 5.92 Å². The minimum Gasteiger partial charge on any atom is -0.394 e. The van der Waals surface area contributed by atoms with E-state index in [1.807, 2.05) is 24.3 Å². The molecule has 1 aromatic heterocycles. The molecule has 1 saturated carbocycles. The second-order valence-corrected chi connectivity index (χ2v) is 10.8. The molecule has 1 heterocycles. The van der Waals surface area contributed by atoms with Crippen LogP contribution in [-0.2, 0) is 10.0 Å². The molecule has 0 unspecified atom stereocenters. The van der Waals surface area contributed by atoms with Crippen molar-refractivity contribution in [3.05, 3.63) is 84.0 Å². The fourth-order valence-corrected chi connectivity index (χ4v) is 4.77. The largest absolute Gasteiger partial charge is 0.394 e. The van der Waals surface area contributed by atoms with Gasteiger partial charge < -0.3 is 14.8 Å². The van der Waals surface area contributed by atoms with Crippen LogP contribution in [0.5, 0.6) is 0 Å². The molecule has 7 nitrogen and oxygen atoms in total. The number of aliphatic hydroxyl groups is 2. The summed E-state index contributed by atoms with van der Waals surface area (Å²) in [4.78, 5) is 4.17. The van der Waals surface area contributed by atoms with Gasteiger partial charge >= 0.3 is 0 Å². The van der Waals surface area contributed by atoms with E-state index in [-0.39, 0.29) is 18.6 Å². The Hall–Kier alpha value is -3.07. The zero-order chi connectivity index (χ0) is 25.0.